The van der Waals surface area contributed by atoms with Crippen molar-refractivity contribution in [3.63, 3.8) is 0 Å². The fraction of sp³-hybridized carbons (Fsp3) is 0.268. The minimum atomic E-state index is -3.50. The number of aromatic nitrogens is 2. The van der Waals surface area contributed by atoms with Crippen molar-refractivity contribution in [3.05, 3.63) is 119 Å². The summed E-state index contributed by atoms with van der Waals surface area (Å²) < 4.78 is 64.9. The Balaban J connectivity index is 0.000000174. The van der Waals surface area contributed by atoms with Crippen LogP contribution in [0.1, 0.15) is 5.56 Å². The summed E-state index contributed by atoms with van der Waals surface area (Å²) in [4.78, 5) is 14.4. The average molecular weight is 845 g/mol. The van der Waals surface area contributed by atoms with Gasteiger partial charge in [0.1, 0.15) is 11.5 Å². The zero-order valence-electron chi connectivity index (χ0n) is 31.9. The van der Waals surface area contributed by atoms with Crippen LogP contribution in [0.3, 0.4) is 0 Å². The molecule has 0 spiro atoms. The highest BCUT2D eigenvalue weighted by Gasteiger charge is 2.31. The number of benzene rings is 4. The van der Waals surface area contributed by atoms with Gasteiger partial charge in [0.25, 0.3) is 0 Å². The van der Waals surface area contributed by atoms with Crippen molar-refractivity contribution in [1.29, 1.82) is 0 Å². The molecule has 2 fully saturated rings. The molecule has 2 aromatic heterocycles. The Bertz CT molecular complexity index is 2460. The molecule has 0 atom stereocenters. The Morgan fingerprint density at radius 1 is 0.526 bits per heavy atom. The van der Waals surface area contributed by atoms with Gasteiger partial charge < -0.3 is 19.3 Å². The third kappa shape index (κ3) is 9.16. The highest BCUT2D eigenvalue weighted by Crippen LogP contribution is 2.32. The molecular weight excluding hydrogens is 801 g/mol. The monoisotopic (exact) mass is 844 g/mol. The normalized spacial score (nSPS) is 15.5. The number of rotatable bonds is 10. The summed E-state index contributed by atoms with van der Waals surface area (Å²) in [5.74, 6) is 1.28. The predicted octanol–water partition coefficient (Wildman–Crippen LogP) is 6.97. The van der Waals surface area contributed by atoms with E-state index >= 15 is 0 Å². The van der Waals surface area contributed by atoms with Gasteiger partial charge in [-0.2, -0.15) is 8.61 Å². The SMILES string of the molecule is COc1ccc(S(=O)(=O)N2CCN(c3nc(-c4ccccc4)cs3)CC2)cc1.COc1ccc(S(=O)(=O)N2CCN(c3nc(-c4ccccc4C)cs3)CC2)cc1. The van der Waals surface area contributed by atoms with Gasteiger partial charge in [-0.05, 0) is 61.0 Å². The van der Waals surface area contributed by atoms with Crippen LogP contribution in [-0.4, -0.2) is 102 Å². The predicted molar refractivity (Wildman–Crippen MR) is 228 cm³/mol. The van der Waals surface area contributed by atoms with E-state index in [0.717, 1.165) is 32.8 Å². The molecule has 0 aliphatic carbocycles. The van der Waals surface area contributed by atoms with Crippen molar-refractivity contribution in [1.82, 2.24) is 18.6 Å². The van der Waals surface area contributed by atoms with Crippen LogP contribution in [0.4, 0.5) is 10.3 Å². The van der Waals surface area contributed by atoms with E-state index in [9.17, 15) is 16.8 Å². The summed E-state index contributed by atoms with van der Waals surface area (Å²) in [6.45, 7) is 6.32. The minimum Gasteiger partial charge on any atom is -0.497 e. The summed E-state index contributed by atoms with van der Waals surface area (Å²) in [7, 11) is -3.88. The van der Waals surface area contributed by atoms with Crippen LogP contribution in [0.25, 0.3) is 22.5 Å². The molecule has 57 heavy (non-hydrogen) atoms. The summed E-state index contributed by atoms with van der Waals surface area (Å²) in [5.41, 5.74) is 5.34. The van der Waals surface area contributed by atoms with Crippen LogP contribution < -0.4 is 19.3 Å². The van der Waals surface area contributed by atoms with E-state index in [1.54, 1.807) is 89.7 Å². The Hall–Kier alpha value is -4.84. The average Bonchev–Trinajstić information content (AvgIpc) is 3.96. The molecule has 2 saturated heterocycles. The van der Waals surface area contributed by atoms with Crippen LogP contribution in [-0.2, 0) is 20.0 Å². The number of methoxy groups -OCH3 is 2. The standard InChI is InChI=1S/C21H23N3O3S2.C20H21N3O3S2/c1-16-5-3-4-6-19(16)20-15-28-21(22-20)23-11-13-24(14-12-23)29(25,26)18-9-7-17(27-2)8-10-18;1-26-17-7-9-18(10-8-17)28(24,25)23-13-11-22(12-14-23)20-21-19(15-27-20)16-5-3-2-4-6-16/h3-10,15H,11-14H2,1-2H3;2-10,15H,11-14H2,1H3. The molecule has 6 aromatic rings. The van der Waals surface area contributed by atoms with Crippen LogP contribution in [0.5, 0.6) is 11.5 Å². The number of hydrogen-bond acceptors (Lipinski definition) is 12. The number of sulfonamides is 2. The first-order chi connectivity index (χ1) is 27.6. The van der Waals surface area contributed by atoms with Gasteiger partial charge in [0.15, 0.2) is 10.3 Å². The van der Waals surface area contributed by atoms with Gasteiger partial charge in [0, 0.05) is 74.2 Å². The molecule has 0 radical (unpaired) electrons. The lowest BCUT2D eigenvalue weighted by atomic mass is 10.1. The summed E-state index contributed by atoms with van der Waals surface area (Å²) in [6, 6.07) is 31.3. The van der Waals surface area contributed by atoms with E-state index in [-0.39, 0.29) is 0 Å². The number of aryl methyl sites for hydroxylation is 1. The quantitative estimate of drug-likeness (QED) is 0.143. The summed E-state index contributed by atoms with van der Waals surface area (Å²) >= 11 is 3.19. The van der Waals surface area contributed by atoms with Gasteiger partial charge >= 0.3 is 0 Å². The topological polar surface area (TPSA) is 125 Å². The molecular formula is C41H44N6O6S4. The lowest BCUT2D eigenvalue weighted by Gasteiger charge is -2.33. The Kier molecular flexibility index (Phi) is 12.6. The molecule has 298 valence electrons. The molecule has 8 rings (SSSR count). The first-order valence-corrected chi connectivity index (χ1v) is 23.0. The summed E-state index contributed by atoms with van der Waals surface area (Å²) in [6.07, 6.45) is 0. The van der Waals surface area contributed by atoms with Crippen molar-refractivity contribution in [3.8, 4) is 34.0 Å². The zero-order chi connectivity index (χ0) is 40.0. The van der Waals surface area contributed by atoms with Crippen LogP contribution >= 0.6 is 22.7 Å². The van der Waals surface area contributed by atoms with Gasteiger partial charge in [-0.3, -0.25) is 0 Å². The Morgan fingerprint density at radius 3 is 1.40 bits per heavy atom. The number of piperazine rings is 2. The van der Waals surface area contributed by atoms with Crippen molar-refractivity contribution >= 4 is 53.0 Å². The lowest BCUT2D eigenvalue weighted by molar-refractivity contribution is 0.384. The van der Waals surface area contributed by atoms with Gasteiger partial charge in [-0.15, -0.1) is 22.7 Å². The second-order valence-corrected chi connectivity index (χ2v) is 18.9. The molecule has 0 amide bonds. The molecule has 0 unspecified atom stereocenters. The van der Waals surface area contributed by atoms with E-state index < -0.39 is 20.0 Å². The third-order valence-electron chi connectivity index (χ3n) is 9.89. The maximum Gasteiger partial charge on any atom is 0.243 e. The molecule has 4 heterocycles. The lowest BCUT2D eigenvalue weighted by Crippen LogP contribution is -2.48. The van der Waals surface area contributed by atoms with Crippen molar-refractivity contribution < 1.29 is 26.3 Å². The first kappa shape index (κ1) is 40.4. The maximum absolute atomic E-state index is 12.9. The first-order valence-electron chi connectivity index (χ1n) is 18.4. The zero-order valence-corrected chi connectivity index (χ0v) is 35.2. The maximum atomic E-state index is 12.9. The summed E-state index contributed by atoms with van der Waals surface area (Å²) in [5, 5.41) is 5.98. The van der Waals surface area contributed by atoms with E-state index in [4.69, 9.17) is 19.4 Å². The van der Waals surface area contributed by atoms with Crippen LogP contribution in [0.15, 0.2) is 124 Å². The number of nitrogens with zero attached hydrogens (tertiary/aromatic N) is 6. The minimum absolute atomic E-state index is 0.294. The molecule has 12 nitrogen and oxygen atoms in total. The van der Waals surface area contributed by atoms with Crippen molar-refractivity contribution in [2.45, 2.75) is 16.7 Å². The van der Waals surface area contributed by atoms with Gasteiger partial charge in [-0.1, -0.05) is 54.6 Å². The van der Waals surface area contributed by atoms with E-state index in [1.807, 2.05) is 47.8 Å². The van der Waals surface area contributed by atoms with E-state index in [2.05, 4.69) is 34.2 Å². The highest BCUT2D eigenvalue weighted by molar-refractivity contribution is 7.89. The number of ether oxygens (including phenoxy) is 2. The largest absolute Gasteiger partial charge is 0.497 e. The second-order valence-electron chi connectivity index (χ2n) is 13.3. The molecule has 2 aliphatic heterocycles. The number of hydrogen-bond donors (Lipinski definition) is 0. The fourth-order valence-corrected chi connectivity index (χ4v) is 11.2. The Morgan fingerprint density at radius 2 is 0.947 bits per heavy atom. The molecule has 4 aromatic carbocycles. The fourth-order valence-electron chi connectivity index (χ4n) is 6.58. The molecule has 0 saturated carbocycles. The van der Waals surface area contributed by atoms with Gasteiger partial charge in [0.2, 0.25) is 20.0 Å². The third-order valence-corrected chi connectivity index (χ3v) is 15.5. The molecule has 2 aliphatic rings. The van der Waals surface area contributed by atoms with Gasteiger partial charge in [-0.25, -0.2) is 26.8 Å². The molecule has 0 bridgehead atoms. The highest BCUT2D eigenvalue weighted by atomic mass is 32.2. The van der Waals surface area contributed by atoms with Crippen LogP contribution in [0, 0.1) is 6.92 Å². The smallest absolute Gasteiger partial charge is 0.243 e. The second kappa shape index (κ2) is 17.7. The Labute approximate surface area is 342 Å². The molecule has 0 N–H and O–H groups in total. The van der Waals surface area contributed by atoms with Gasteiger partial charge in [0.05, 0.1) is 35.4 Å². The number of anilines is 2. The van der Waals surface area contributed by atoms with Crippen molar-refractivity contribution in [2.24, 2.45) is 0 Å². The van der Waals surface area contributed by atoms with Crippen LogP contribution in [0.2, 0.25) is 0 Å². The van der Waals surface area contributed by atoms with E-state index in [1.165, 1.54) is 9.87 Å². The number of thiazole rings is 2. The van der Waals surface area contributed by atoms with Crippen molar-refractivity contribution in [2.75, 3.05) is 76.4 Å². The van der Waals surface area contributed by atoms with E-state index in [0.29, 0.717) is 73.6 Å². The molecule has 16 heteroatoms.